The molecule has 0 amide bonds. The third-order valence-corrected chi connectivity index (χ3v) is 5.17. The van der Waals surface area contributed by atoms with Crippen LogP contribution in [0, 0.1) is 3.95 Å². The van der Waals surface area contributed by atoms with E-state index in [1.807, 2.05) is 30.3 Å². The standard InChI is InChI=1S/C17H13N5O2S2/c1-2-8-22-14-13(26-17(22)25)16(23)21(10-18-14)9-12-19-20-15(24-12)11-6-4-3-5-7-11/h2-7,10H,1,8-9H2. The molecule has 130 valence electrons. The summed E-state index contributed by atoms with van der Waals surface area (Å²) in [5.74, 6) is 0.747. The predicted molar refractivity (Wildman–Crippen MR) is 102 cm³/mol. The van der Waals surface area contributed by atoms with Crippen LogP contribution in [0.3, 0.4) is 0 Å². The molecule has 1 aromatic carbocycles. The number of hydrogen-bond acceptors (Lipinski definition) is 7. The largest absolute Gasteiger partial charge is 0.419 e. The van der Waals surface area contributed by atoms with Gasteiger partial charge in [-0.25, -0.2) is 4.98 Å². The molecule has 26 heavy (non-hydrogen) atoms. The van der Waals surface area contributed by atoms with Crippen LogP contribution < -0.4 is 5.56 Å². The molecule has 3 aromatic heterocycles. The Hall–Kier alpha value is -2.91. The van der Waals surface area contributed by atoms with Crippen molar-refractivity contribution in [2.75, 3.05) is 0 Å². The van der Waals surface area contributed by atoms with Gasteiger partial charge >= 0.3 is 0 Å². The maximum absolute atomic E-state index is 12.7. The average Bonchev–Trinajstić information content (AvgIpc) is 3.24. The third kappa shape index (κ3) is 2.91. The molecule has 9 heteroatoms. The lowest BCUT2D eigenvalue weighted by Crippen LogP contribution is -2.21. The van der Waals surface area contributed by atoms with Crippen LogP contribution in [0.5, 0.6) is 0 Å². The number of hydrogen-bond donors (Lipinski definition) is 0. The molecule has 0 atom stereocenters. The second-order valence-corrected chi connectivity index (χ2v) is 7.11. The Morgan fingerprint density at radius 1 is 1.27 bits per heavy atom. The maximum atomic E-state index is 12.7. The quantitative estimate of drug-likeness (QED) is 0.389. The summed E-state index contributed by atoms with van der Waals surface area (Å²) in [7, 11) is 0. The van der Waals surface area contributed by atoms with Crippen LogP contribution in [-0.2, 0) is 13.1 Å². The topological polar surface area (TPSA) is 78.7 Å². The monoisotopic (exact) mass is 383 g/mol. The summed E-state index contributed by atoms with van der Waals surface area (Å²) < 4.78 is 9.98. The molecule has 0 N–H and O–H groups in total. The first kappa shape index (κ1) is 16.6. The number of nitrogens with zero attached hydrogens (tertiary/aromatic N) is 5. The molecule has 4 rings (SSSR count). The van der Waals surface area contributed by atoms with Crippen LogP contribution in [0.2, 0.25) is 0 Å². The summed E-state index contributed by atoms with van der Waals surface area (Å²) in [4.78, 5) is 17.1. The second-order valence-electron chi connectivity index (χ2n) is 5.46. The minimum atomic E-state index is -0.187. The lowest BCUT2D eigenvalue weighted by Gasteiger charge is -2.03. The van der Waals surface area contributed by atoms with Gasteiger partial charge in [-0.15, -0.1) is 16.8 Å². The van der Waals surface area contributed by atoms with Gasteiger partial charge in [-0.1, -0.05) is 35.6 Å². The molecule has 0 aliphatic rings. The van der Waals surface area contributed by atoms with E-state index in [-0.39, 0.29) is 12.1 Å². The minimum absolute atomic E-state index is 0.147. The van der Waals surface area contributed by atoms with E-state index in [4.69, 9.17) is 16.6 Å². The van der Waals surface area contributed by atoms with Gasteiger partial charge in [0, 0.05) is 12.1 Å². The Bertz CT molecular complexity index is 1200. The zero-order valence-electron chi connectivity index (χ0n) is 13.5. The number of benzene rings is 1. The van der Waals surface area contributed by atoms with Gasteiger partial charge in [0.15, 0.2) is 9.60 Å². The van der Waals surface area contributed by atoms with Crippen molar-refractivity contribution >= 4 is 33.9 Å². The van der Waals surface area contributed by atoms with Gasteiger partial charge in [0.25, 0.3) is 5.56 Å². The van der Waals surface area contributed by atoms with Crippen molar-refractivity contribution < 1.29 is 4.42 Å². The summed E-state index contributed by atoms with van der Waals surface area (Å²) in [6, 6.07) is 9.46. The van der Waals surface area contributed by atoms with Crippen LogP contribution in [0.25, 0.3) is 21.8 Å². The van der Waals surface area contributed by atoms with Crippen molar-refractivity contribution in [2.24, 2.45) is 0 Å². The van der Waals surface area contributed by atoms with Crippen LogP contribution >= 0.6 is 23.6 Å². The highest BCUT2D eigenvalue weighted by Crippen LogP contribution is 2.19. The fourth-order valence-electron chi connectivity index (χ4n) is 2.54. The molecule has 0 aliphatic carbocycles. The highest BCUT2D eigenvalue weighted by molar-refractivity contribution is 7.73. The summed E-state index contributed by atoms with van der Waals surface area (Å²) in [6.07, 6.45) is 3.19. The highest BCUT2D eigenvalue weighted by atomic mass is 32.1. The minimum Gasteiger partial charge on any atom is -0.419 e. The van der Waals surface area contributed by atoms with E-state index in [1.165, 1.54) is 22.2 Å². The lowest BCUT2D eigenvalue weighted by atomic mass is 10.2. The average molecular weight is 383 g/mol. The van der Waals surface area contributed by atoms with Crippen molar-refractivity contribution in [3.05, 3.63) is 69.5 Å². The predicted octanol–water partition coefficient (Wildman–Crippen LogP) is 3.27. The Morgan fingerprint density at radius 3 is 2.85 bits per heavy atom. The zero-order chi connectivity index (χ0) is 18.1. The van der Waals surface area contributed by atoms with E-state index >= 15 is 0 Å². The summed E-state index contributed by atoms with van der Waals surface area (Å²) in [6.45, 7) is 4.37. The van der Waals surface area contributed by atoms with E-state index in [0.717, 1.165) is 5.56 Å². The fraction of sp³-hybridized carbons (Fsp3) is 0.118. The zero-order valence-corrected chi connectivity index (χ0v) is 15.2. The molecule has 0 bridgehead atoms. The van der Waals surface area contributed by atoms with Crippen molar-refractivity contribution in [3.8, 4) is 11.5 Å². The molecular weight excluding hydrogens is 370 g/mol. The maximum Gasteiger partial charge on any atom is 0.273 e. The molecular formula is C17H13N5O2S2. The molecule has 0 saturated carbocycles. The highest BCUT2D eigenvalue weighted by Gasteiger charge is 2.14. The second kappa shape index (κ2) is 6.77. The first-order chi connectivity index (χ1) is 12.7. The van der Waals surface area contributed by atoms with Gasteiger partial charge in [0.2, 0.25) is 11.8 Å². The van der Waals surface area contributed by atoms with E-state index in [1.54, 1.807) is 10.6 Å². The SMILES string of the molecule is C=CCn1c(=S)sc2c(=O)n(Cc3nnc(-c4ccccc4)o3)cnc21. The van der Waals surface area contributed by atoms with Crippen molar-refractivity contribution in [3.63, 3.8) is 0 Å². The molecule has 0 aliphatic heterocycles. The first-order valence-corrected chi connectivity index (χ1v) is 8.97. The molecule has 3 heterocycles. The molecule has 4 aromatic rings. The number of thiazole rings is 1. The molecule has 0 saturated heterocycles. The van der Waals surface area contributed by atoms with Crippen molar-refractivity contribution in [1.82, 2.24) is 24.3 Å². The summed E-state index contributed by atoms with van der Waals surface area (Å²) in [5.41, 5.74) is 1.21. The Balaban J connectivity index is 1.69. The van der Waals surface area contributed by atoms with E-state index in [0.29, 0.717) is 32.6 Å². The lowest BCUT2D eigenvalue weighted by molar-refractivity contribution is 0.483. The third-order valence-electron chi connectivity index (χ3n) is 3.75. The molecule has 0 radical (unpaired) electrons. The van der Waals surface area contributed by atoms with Crippen LogP contribution in [0.15, 0.2) is 58.5 Å². The van der Waals surface area contributed by atoms with Crippen molar-refractivity contribution in [1.29, 1.82) is 0 Å². The number of aromatic nitrogens is 5. The molecule has 0 spiro atoms. The molecule has 0 unspecified atom stereocenters. The van der Waals surface area contributed by atoms with E-state index < -0.39 is 0 Å². The van der Waals surface area contributed by atoms with E-state index in [9.17, 15) is 4.79 Å². The van der Waals surface area contributed by atoms with Crippen molar-refractivity contribution in [2.45, 2.75) is 13.1 Å². The van der Waals surface area contributed by atoms with Gasteiger partial charge in [0.1, 0.15) is 17.6 Å². The van der Waals surface area contributed by atoms with Gasteiger partial charge in [0.05, 0.1) is 0 Å². The number of fused-ring (bicyclic) bond motifs is 1. The van der Waals surface area contributed by atoms with Gasteiger partial charge in [-0.3, -0.25) is 9.36 Å². The van der Waals surface area contributed by atoms with Gasteiger partial charge in [-0.2, -0.15) is 0 Å². The van der Waals surface area contributed by atoms with E-state index in [2.05, 4.69) is 21.8 Å². The first-order valence-electron chi connectivity index (χ1n) is 7.75. The number of rotatable bonds is 5. The Labute approximate surface area is 156 Å². The number of allylic oxidation sites excluding steroid dienone is 1. The Morgan fingerprint density at radius 2 is 2.08 bits per heavy atom. The normalized spacial score (nSPS) is 11.1. The smallest absolute Gasteiger partial charge is 0.273 e. The van der Waals surface area contributed by atoms with Gasteiger partial charge < -0.3 is 8.98 Å². The molecule has 0 fully saturated rings. The van der Waals surface area contributed by atoms with Crippen LogP contribution in [0.4, 0.5) is 0 Å². The fourth-order valence-corrected chi connectivity index (χ4v) is 3.85. The molecule has 7 nitrogen and oxygen atoms in total. The van der Waals surface area contributed by atoms with Gasteiger partial charge in [-0.05, 0) is 24.4 Å². The van der Waals surface area contributed by atoms with Crippen LogP contribution in [-0.4, -0.2) is 24.3 Å². The summed E-state index contributed by atoms with van der Waals surface area (Å²) in [5, 5.41) is 8.06. The van der Waals surface area contributed by atoms with Crippen LogP contribution in [0.1, 0.15) is 5.89 Å². The Kier molecular flexibility index (Phi) is 4.31. The summed E-state index contributed by atoms with van der Waals surface area (Å²) >= 11 is 6.55.